The minimum Gasteiger partial charge on any atom is -0.465 e. The van der Waals surface area contributed by atoms with Crippen LogP contribution in [-0.4, -0.2) is 22.7 Å². The molecular formula is C12H9BrN2O2. The molecule has 0 bridgehead atoms. The van der Waals surface area contributed by atoms with Gasteiger partial charge < -0.3 is 5.11 Å². The number of rotatable bonds is 0. The van der Waals surface area contributed by atoms with Crippen LogP contribution in [0.1, 0.15) is 5.56 Å². The van der Waals surface area contributed by atoms with Gasteiger partial charge in [-0.2, -0.15) is 0 Å². The fraction of sp³-hybridized carbons (Fsp3) is 0.167. The fourth-order valence-electron chi connectivity index (χ4n) is 2.12. The van der Waals surface area contributed by atoms with E-state index in [1.54, 1.807) is 0 Å². The van der Waals surface area contributed by atoms with Crippen molar-refractivity contribution in [3.05, 3.63) is 34.3 Å². The molecule has 1 aromatic carbocycles. The number of pyridine rings is 1. The number of hydrogen-bond donors (Lipinski definition) is 1. The van der Waals surface area contributed by atoms with Crippen LogP contribution in [0.2, 0.25) is 0 Å². The summed E-state index contributed by atoms with van der Waals surface area (Å²) in [6.45, 7) is 0.495. The zero-order valence-electron chi connectivity index (χ0n) is 8.85. The van der Waals surface area contributed by atoms with Crippen LogP contribution in [0.3, 0.4) is 0 Å². The summed E-state index contributed by atoms with van der Waals surface area (Å²) in [5.41, 5.74) is 1.81. The molecule has 1 N–H and O–H groups in total. The van der Waals surface area contributed by atoms with E-state index in [1.165, 1.54) is 4.90 Å². The van der Waals surface area contributed by atoms with Crippen molar-refractivity contribution in [1.82, 2.24) is 4.98 Å². The number of hydrogen-bond acceptors (Lipinski definition) is 2. The summed E-state index contributed by atoms with van der Waals surface area (Å²) < 4.78 is 0.942. The van der Waals surface area contributed by atoms with Gasteiger partial charge in [-0.3, -0.25) is 4.90 Å². The molecule has 2 aromatic rings. The number of halogens is 1. The first-order valence-corrected chi connectivity index (χ1v) is 6.04. The molecule has 0 radical (unpaired) electrons. The van der Waals surface area contributed by atoms with Gasteiger partial charge in [0.2, 0.25) is 0 Å². The number of carboxylic acid groups (broad SMARTS) is 1. The van der Waals surface area contributed by atoms with Gasteiger partial charge in [0.05, 0.1) is 5.52 Å². The minimum absolute atomic E-state index is 0.495. The second-order valence-corrected chi connectivity index (χ2v) is 4.91. The smallest absolute Gasteiger partial charge is 0.413 e. The van der Waals surface area contributed by atoms with Gasteiger partial charge in [0.25, 0.3) is 0 Å². The molecule has 1 aliphatic rings. The molecule has 4 nitrogen and oxygen atoms in total. The highest BCUT2D eigenvalue weighted by molar-refractivity contribution is 9.10. The largest absolute Gasteiger partial charge is 0.465 e. The predicted molar refractivity (Wildman–Crippen MR) is 68.5 cm³/mol. The van der Waals surface area contributed by atoms with Crippen molar-refractivity contribution >= 4 is 38.7 Å². The van der Waals surface area contributed by atoms with Gasteiger partial charge in [-0.1, -0.05) is 22.0 Å². The zero-order chi connectivity index (χ0) is 12.0. The Morgan fingerprint density at radius 2 is 2.24 bits per heavy atom. The van der Waals surface area contributed by atoms with Crippen LogP contribution in [-0.2, 0) is 6.42 Å². The fourth-order valence-corrected chi connectivity index (χ4v) is 2.46. The number of fused-ring (bicyclic) bond motifs is 2. The van der Waals surface area contributed by atoms with Crippen molar-refractivity contribution in [2.24, 2.45) is 0 Å². The molecule has 0 spiro atoms. The normalized spacial score (nSPS) is 14.1. The Hall–Kier alpha value is -1.62. The highest BCUT2D eigenvalue weighted by Gasteiger charge is 2.26. The van der Waals surface area contributed by atoms with E-state index in [0.717, 1.165) is 27.4 Å². The Bertz CT molecular complexity index is 627. The zero-order valence-corrected chi connectivity index (χ0v) is 10.4. The van der Waals surface area contributed by atoms with E-state index < -0.39 is 6.09 Å². The van der Waals surface area contributed by atoms with Gasteiger partial charge in [-0.15, -0.1) is 0 Å². The lowest BCUT2D eigenvalue weighted by atomic mass is 10.1. The minimum atomic E-state index is -0.939. The Balaban J connectivity index is 2.23. The summed E-state index contributed by atoms with van der Waals surface area (Å²) in [5, 5.41) is 10.1. The van der Waals surface area contributed by atoms with Crippen LogP contribution in [0.5, 0.6) is 0 Å². The molecule has 0 unspecified atom stereocenters. The monoisotopic (exact) mass is 292 g/mol. The van der Waals surface area contributed by atoms with Crippen LogP contribution in [0, 0.1) is 0 Å². The summed E-state index contributed by atoms with van der Waals surface area (Å²) in [5.74, 6) is 0.572. The molecule has 0 atom stereocenters. The SMILES string of the molecule is O=C(O)N1CCc2cc3ccc(Br)cc3nc21. The summed E-state index contributed by atoms with van der Waals surface area (Å²) >= 11 is 3.39. The van der Waals surface area contributed by atoms with Gasteiger partial charge in [0, 0.05) is 16.4 Å². The lowest BCUT2D eigenvalue weighted by Crippen LogP contribution is -2.27. The van der Waals surface area contributed by atoms with Gasteiger partial charge in [-0.05, 0) is 30.2 Å². The third-order valence-corrected chi connectivity index (χ3v) is 3.42. The number of nitrogens with zero attached hydrogens (tertiary/aromatic N) is 2. The highest BCUT2D eigenvalue weighted by atomic mass is 79.9. The van der Waals surface area contributed by atoms with E-state index in [-0.39, 0.29) is 0 Å². The molecular weight excluding hydrogens is 284 g/mol. The first kappa shape index (κ1) is 10.5. The quantitative estimate of drug-likeness (QED) is 0.812. The molecule has 17 heavy (non-hydrogen) atoms. The summed E-state index contributed by atoms with van der Waals surface area (Å²) in [4.78, 5) is 16.8. The summed E-state index contributed by atoms with van der Waals surface area (Å²) in [6, 6.07) is 7.86. The van der Waals surface area contributed by atoms with Gasteiger partial charge in [0.15, 0.2) is 0 Å². The summed E-state index contributed by atoms with van der Waals surface area (Å²) in [6.07, 6.45) is -0.203. The van der Waals surface area contributed by atoms with Crippen molar-refractivity contribution in [3.63, 3.8) is 0 Å². The van der Waals surface area contributed by atoms with Crippen molar-refractivity contribution in [3.8, 4) is 0 Å². The topological polar surface area (TPSA) is 53.4 Å². The maximum atomic E-state index is 11.0. The highest BCUT2D eigenvalue weighted by Crippen LogP contribution is 2.30. The van der Waals surface area contributed by atoms with E-state index in [9.17, 15) is 4.79 Å². The first-order valence-electron chi connectivity index (χ1n) is 5.25. The standard InChI is InChI=1S/C12H9BrN2O2/c13-9-2-1-7-5-8-3-4-15(12(16)17)11(8)14-10(7)6-9/h1-2,5-6H,3-4H2,(H,16,17). The molecule has 1 amide bonds. The Morgan fingerprint density at radius 3 is 3.00 bits per heavy atom. The Labute approximate surface area is 106 Å². The van der Waals surface area contributed by atoms with E-state index in [0.29, 0.717) is 12.4 Å². The van der Waals surface area contributed by atoms with Gasteiger partial charge in [0.1, 0.15) is 5.82 Å². The maximum absolute atomic E-state index is 11.0. The lowest BCUT2D eigenvalue weighted by Gasteiger charge is -2.11. The second-order valence-electron chi connectivity index (χ2n) is 3.99. The average molecular weight is 293 g/mol. The molecule has 5 heteroatoms. The summed E-state index contributed by atoms with van der Waals surface area (Å²) in [7, 11) is 0. The molecule has 0 fully saturated rings. The molecule has 1 aromatic heterocycles. The number of carbonyl (C=O) groups is 1. The Morgan fingerprint density at radius 1 is 1.41 bits per heavy atom. The average Bonchev–Trinajstić information content (AvgIpc) is 2.68. The van der Waals surface area contributed by atoms with Gasteiger partial charge in [-0.25, -0.2) is 9.78 Å². The van der Waals surface area contributed by atoms with E-state index in [1.807, 2.05) is 24.3 Å². The third kappa shape index (κ3) is 1.67. The van der Waals surface area contributed by atoms with Crippen molar-refractivity contribution < 1.29 is 9.90 Å². The van der Waals surface area contributed by atoms with E-state index in [2.05, 4.69) is 20.9 Å². The Kier molecular flexibility index (Phi) is 2.29. The number of aromatic nitrogens is 1. The van der Waals surface area contributed by atoms with Crippen LogP contribution >= 0.6 is 15.9 Å². The van der Waals surface area contributed by atoms with E-state index >= 15 is 0 Å². The molecule has 0 aliphatic carbocycles. The van der Waals surface area contributed by atoms with Crippen LogP contribution in [0.15, 0.2) is 28.7 Å². The molecule has 0 saturated heterocycles. The van der Waals surface area contributed by atoms with Crippen LogP contribution in [0.25, 0.3) is 10.9 Å². The van der Waals surface area contributed by atoms with Crippen molar-refractivity contribution in [2.75, 3.05) is 11.4 Å². The van der Waals surface area contributed by atoms with Gasteiger partial charge >= 0.3 is 6.09 Å². The van der Waals surface area contributed by atoms with Crippen LogP contribution in [0.4, 0.5) is 10.6 Å². The third-order valence-electron chi connectivity index (χ3n) is 2.93. The second kappa shape index (κ2) is 3.70. The lowest BCUT2D eigenvalue weighted by molar-refractivity contribution is 0.202. The van der Waals surface area contributed by atoms with Crippen molar-refractivity contribution in [2.45, 2.75) is 6.42 Å². The van der Waals surface area contributed by atoms with Crippen molar-refractivity contribution in [1.29, 1.82) is 0 Å². The number of benzene rings is 1. The van der Waals surface area contributed by atoms with Crippen LogP contribution < -0.4 is 4.90 Å². The number of amides is 1. The first-order chi connectivity index (χ1) is 8.15. The molecule has 0 saturated carbocycles. The molecule has 2 heterocycles. The maximum Gasteiger partial charge on any atom is 0.413 e. The van der Waals surface area contributed by atoms with E-state index in [4.69, 9.17) is 5.11 Å². The molecule has 3 rings (SSSR count). The molecule has 1 aliphatic heterocycles. The predicted octanol–water partition coefficient (Wildman–Crippen LogP) is 3.04. The number of anilines is 1. The molecule has 86 valence electrons.